The Morgan fingerprint density at radius 1 is 0.279 bits per heavy atom. The van der Waals surface area contributed by atoms with Gasteiger partial charge in [-0.15, -0.1) is 0 Å². The summed E-state index contributed by atoms with van der Waals surface area (Å²) in [4.78, 5) is 0. The van der Waals surface area contributed by atoms with Crippen LogP contribution in [0, 0.1) is 0 Å². The summed E-state index contributed by atoms with van der Waals surface area (Å²) in [5.41, 5.74) is 8.75. The molecule has 1 aliphatic carbocycles. The van der Waals surface area contributed by atoms with E-state index in [2.05, 4.69) is 206 Å². The minimum absolute atomic E-state index is 0. The Balaban J connectivity index is 0.000000465. The molecule has 0 amide bonds. The number of hydrogen-bond donors (Lipinski definition) is 0. The molecule has 1 aliphatic rings. The minimum Gasteiger partial charge on any atom is -0.418 e. The number of allylic oxidation sites excluding steroid dienone is 4. The van der Waals surface area contributed by atoms with Gasteiger partial charge in [0.1, 0.15) is 0 Å². The van der Waals surface area contributed by atoms with Gasteiger partial charge < -0.3 is 51.8 Å². The third-order valence-electron chi connectivity index (χ3n) is 8.87. The van der Waals surface area contributed by atoms with Gasteiger partial charge in [-0.3, -0.25) is 0 Å². The molecule has 6 aromatic rings. The van der Waals surface area contributed by atoms with Crippen LogP contribution >= 0.6 is 15.8 Å². The Bertz CT molecular complexity index is 1770. The predicted molar refractivity (Wildman–Crippen MR) is 262 cm³/mol. The molecular formula is C50H54B3F12P2Rh. The molecule has 0 N–H and O–H groups in total. The Morgan fingerprint density at radius 3 is 0.574 bits per heavy atom. The molecule has 0 nitrogen and oxygen atoms in total. The van der Waals surface area contributed by atoms with Crippen LogP contribution in [0.2, 0.25) is 0 Å². The molecule has 0 aliphatic heterocycles. The summed E-state index contributed by atoms with van der Waals surface area (Å²) in [7, 11) is -18.2. The van der Waals surface area contributed by atoms with Crippen molar-refractivity contribution in [1.82, 2.24) is 0 Å². The van der Waals surface area contributed by atoms with Crippen molar-refractivity contribution in [2.45, 2.75) is 62.7 Å². The molecule has 6 aromatic carbocycles. The van der Waals surface area contributed by atoms with E-state index in [-0.39, 0.29) is 35.3 Å². The van der Waals surface area contributed by atoms with Gasteiger partial charge >= 0.3 is 41.2 Å². The molecule has 0 atom stereocenters. The van der Waals surface area contributed by atoms with Crippen LogP contribution in [0.1, 0.15) is 59.1 Å². The van der Waals surface area contributed by atoms with Crippen LogP contribution < -0.4 is 0 Å². The molecule has 68 heavy (non-hydrogen) atoms. The average Bonchev–Trinajstić information content (AvgIpc) is 3.24. The summed E-state index contributed by atoms with van der Waals surface area (Å²) in [5.74, 6) is 0. The number of hydrogen-bond acceptors (Lipinski definition) is 0. The fourth-order valence-corrected chi connectivity index (χ4v) is 11.3. The van der Waals surface area contributed by atoms with E-state index in [9.17, 15) is 51.8 Å². The molecule has 0 saturated carbocycles. The third-order valence-corrected chi connectivity index (χ3v) is 13.7. The van der Waals surface area contributed by atoms with Crippen molar-refractivity contribution in [2.75, 3.05) is 0 Å². The van der Waals surface area contributed by atoms with E-state index in [1.807, 2.05) is 0 Å². The van der Waals surface area contributed by atoms with Crippen LogP contribution in [0.25, 0.3) is 0 Å². The summed E-state index contributed by atoms with van der Waals surface area (Å²) < 4.78 is 117. The van der Waals surface area contributed by atoms with E-state index in [4.69, 9.17) is 0 Å². The molecule has 18 heteroatoms. The van der Waals surface area contributed by atoms with Crippen molar-refractivity contribution in [3.63, 3.8) is 0 Å². The van der Waals surface area contributed by atoms with Gasteiger partial charge in [-0.2, -0.15) is 0 Å². The largest absolute Gasteiger partial charge is 3.00 e. The van der Waals surface area contributed by atoms with E-state index < -0.39 is 21.8 Å². The monoisotopic (exact) mass is 1080 g/mol. The molecule has 0 saturated heterocycles. The molecule has 0 heterocycles. The van der Waals surface area contributed by atoms with Crippen LogP contribution in [0.4, 0.5) is 51.8 Å². The number of halogens is 12. The van der Waals surface area contributed by atoms with Crippen LogP contribution in [0.5, 0.6) is 0 Å². The van der Waals surface area contributed by atoms with Crippen molar-refractivity contribution in [2.24, 2.45) is 0 Å². The van der Waals surface area contributed by atoms with Gasteiger partial charge in [0.2, 0.25) is 0 Å². The second-order valence-corrected chi connectivity index (χ2v) is 19.4. The van der Waals surface area contributed by atoms with Gasteiger partial charge in [0.05, 0.1) is 0 Å². The summed E-state index contributed by atoms with van der Waals surface area (Å²) >= 11 is 0. The van der Waals surface area contributed by atoms with Crippen LogP contribution in [0.3, 0.4) is 0 Å². The van der Waals surface area contributed by atoms with E-state index in [1.54, 1.807) is 0 Å². The third kappa shape index (κ3) is 39.6. The van der Waals surface area contributed by atoms with Crippen LogP contribution in [-0.4, -0.2) is 21.8 Å². The second-order valence-electron chi connectivity index (χ2n) is 14.8. The van der Waals surface area contributed by atoms with Gasteiger partial charge in [0.25, 0.3) is 0 Å². The Hall–Kier alpha value is -4.36. The normalized spacial score (nSPS) is 12.9. The molecule has 0 radical (unpaired) electrons. The summed E-state index contributed by atoms with van der Waals surface area (Å²) in [6, 6.07) is 65.4. The first-order chi connectivity index (χ1) is 31.8. The summed E-state index contributed by atoms with van der Waals surface area (Å²) in [5, 5.41) is 0. The van der Waals surface area contributed by atoms with Crippen molar-refractivity contribution in [3.8, 4) is 0 Å². The first-order valence-corrected chi connectivity index (χ1v) is 25.2. The Kier molecular flexibility index (Phi) is 32.4. The first-order valence-electron chi connectivity index (χ1n) is 21.4. The van der Waals surface area contributed by atoms with Crippen molar-refractivity contribution in [1.29, 1.82) is 0 Å². The van der Waals surface area contributed by atoms with Crippen molar-refractivity contribution < 1.29 is 71.3 Å². The van der Waals surface area contributed by atoms with Crippen molar-refractivity contribution in [3.05, 3.63) is 240 Å². The first kappa shape index (κ1) is 61.7. The molecular weight excluding hydrogens is 1030 g/mol. The van der Waals surface area contributed by atoms with Gasteiger partial charge in [-0.25, -0.2) is 0 Å². The molecule has 0 aromatic heterocycles. The van der Waals surface area contributed by atoms with Crippen molar-refractivity contribution >= 4 is 37.6 Å². The fraction of sp³-hybridized carbons (Fsp3) is 0.200. The van der Waals surface area contributed by atoms with Crippen LogP contribution in [0.15, 0.2) is 206 Å². The fourth-order valence-electron chi connectivity index (χ4n) is 6.26. The maximum atomic E-state index is 9.75. The number of benzene rings is 6. The maximum absolute atomic E-state index is 9.75. The summed E-state index contributed by atoms with van der Waals surface area (Å²) in [6.07, 6.45) is 21.2. The molecule has 0 fully saturated rings. The zero-order valence-electron chi connectivity index (χ0n) is 37.2. The second kappa shape index (κ2) is 35.7. The summed E-state index contributed by atoms with van der Waals surface area (Å²) in [6.45, 7) is 0. The quantitative estimate of drug-likeness (QED) is 0.0651. The van der Waals surface area contributed by atoms with E-state index in [1.165, 1.54) is 96.0 Å². The van der Waals surface area contributed by atoms with E-state index in [0.29, 0.717) is 0 Å². The Labute approximate surface area is 409 Å². The van der Waals surface area contributed by atoms with Gasteiger partial charge in [0.15, 0.2) is 0 Å². The van der Waals surface area contributed by atoms with E-state index in [0.717, 1.165) is 0 Å². The molecule has 0 unspecified atom stereocenters. The van der Waals surface area contributed by atoms with Crippen LogP contribution in [-0.2, 0) is 56.4 Å². The SMILES string of the molecule is C1=C\CCCC\C=C/1.F[B-](F)(F)F.F[B-](F)(F)F.F[B-](F)(F)F.[Rh+3].c1ccc(CP(Cc2ccccc2)Cc2ccccc2)cc1.c1ccc(CP(Cc2ccccc2)Cc2ccccc2)cc1. The molecule has 0 spiro atoms. The van der Waals surface area contributed by atoms with Gasteiger partial charge in [0, 0.05) is 0 Å². The smallest absolute Gasteiger partial charge is 0.418 e. The minimum atomic E-state index is -6.00. The Morgan fingerprint density at radius 2 is 0.426 bits per heavy atom. The molecule has 0 bridgehead atoms. The van der Waals surface area contributed by atoms with E-state index >= 15 is 0 Å². The van der Waals surface area contributed by atoms with Gasteiger partial charge in [-0.1, -0.05) is 222 Å². The van der Waals surface area contributed by atoms with Gasteiger partial charge in [-0.05, 0) is 96.0 Å². The average molecular weight is 1080 g/mol. The topological polar surface area (TPSA) is 0 Å². The predicted octanol–water partition coefficient (Wildman–Crippen LogP) is 18.7. The standard InChI is InChI=1S/2C21H21P.C8H12.3BF4.Rh/c2*1-4-10-19(11-5-1)16-22(17-20-12-6-2-7-13-20)18-21-14-8-3-9-15-21;1-2-4-6-8-7-5-3-1;3*2-1(3,4)5;/h2*1-15H,16-18H2;1-4H,5-8H2;;;;/q;;;3*-1;+3/b;;3-1-,4-2-;;;;. The zero-order chi connectivity index (χ0) is 49.2. The zero-order valence-corrected chi connectivity index (χ0v) is 40.6. The maximum Gasteiger partial charge on any atom is 3.00 e. The molecule has 366 valence electrons. The number of rotatable bonds is 12. The molecule has 7 rings (SSSR count).